The summed E-state index contributed by atoms with van der Waals surface area (Å²) in [5.74, 6) is 0.456. The predicted octanol–water partition coefficient (Wildman–Crippen LogP) is 2.48. The van der Waals surface area contributed by atoms with Gasteiger partial charge in [0, 0.05) is 28.6 Å². The third kappa shape index (κ3) is 4.17. The van der Waals surface area contributed by atoms with Crippen LogP contribution < -0.4 is 10.3 Å². The second kappa shape index (κ2) is 8.05. The van der Waals surface area contributed by atoms with Crippen LogP contribution in [0, 0.1) is 6.92 Å². The molecule has 0 aliphatic carbocycles. The first kappa shape index (κ1) is 18.7. The number of rotatable bonds is 6. The van der Waals surface area contributed by atoms with Gasteiger partial charge in [0.25, 0.3) is 11.5 Å². The summed E-state index contributed by atoms with van der Waals surface area (Å²) in [7, 11) is 1.58. The number of fused-ring (bicyclic) bond motifs is 1. The van der Waals surface area contributed by atoms with Crippen LogP contribution in [-0.2, 0) is 6.54 Å². The fraction of sp³-hybridized carbons (Fsp3) is 0.238. The molecule has 0 unspecified atom stereocenters. The molecule has 0 spiro atoms. The number of aliphatic hydroxyl groups is 1. The Kier molecular flexibility index (Phi) is 5.57. The minimum Gasteiger partial charge on any atom is -0.497 e. The minimum absolute atomic E-state index is 0.107. The van der Waals surface area contributed by atoms with Crippen molar-refractivity contribution in [3.05, 3.63) is 75.6 Å². The normalized spacial score (nSPS) is 10.8. The van der Waals surface area contributed by atoms with Gasteiger partial charge in [0.1, 0.15) is 5.75 Å². The van der Waals surface area contributed by atoms with Gasteiger partial charge in [0.15, 0.2) is 0 Å². The lowest BCUT2D eigenvalue weighted by Crippen LogP contribution is -2.35. The number of amides is 1. The molecule has 1 heterocycles. The molecular weight excluding hydrogens is 344 g/mol. The molecule has 0 saturated carbocycles. The summed E-state index contributed by atoms with van der Waals surface area (Å²) >= 11 is 0. The van der Waals surface area contributed by atoms with Crippen LogP contribution in [0.2, 0.25) is 0 Å². The monoisotopic (exact) mass is 366 g/mol. The predicted molar refractivity (Wildman–Crippen MR) is 104 cm³/mol. The SMILES string of the molecule is COc1ccc2[nH]c(=O)c(CN(CCO)C(=O)c3ccc(C)cc3)cc2c1. The highest BCUT2D eigenvalue weighted by Crippen LogP contribution is 2.19. The Morgan fingerprint density at radius 2 is 1.89 bits per heavy atom. The van der Waals surface area contributed by atoms with E-state index in [1.807, 2.05) is 25.1 Å². The van der Waals surface area contributed by atoms with Crippen LogP contribution >= 0.6 is 0 Å². The lowest BCUT2D eigenvalue weighted by Gasteiger charge is -2.22. The number of carbonyl (C=O) groups is 1. The quantitative estimate of drug-likeness (QED) is 0.702. The summed E-state index contributed by atoms with van der Waals surface area (Å²) in [5.41, 5.74) is 2.47. The minimum atomic E-state index is -0.257. The van der Waals surface area contributed by atoms with Crippen LogP contribution in [0.4, 0.5) is 0 Å². The number of methoxy groups -OCH3 is 1. The number of hydrogen-bond acceptors (Lipinski definition) is 4. The number of ether oxygens (including phenoxy) is 1. The van der Waals surface area contributed by atoms with Crippen molar-refractivity contribution in [1.29, 1.82) is 0 Å². The first-order valence-electron chi connectivity index (χ1n) is 8.68. The molecule has 0 radical (unpaired) electrons. The number of nitrogens with zero attached hydrogens (tertiary/aromatic N) is 1. The summed E-state index contributed by atoms with van der Waals surface area (Å²) in [6.07, 6.45) is 0. The Morgan fingerprint density at radius 1 is 1.15 bits per heavy atom. The number of aryl methyl sites for hydroxylation is 1. The standard InChI is InChI=1S/C21H22N2O4/c1-14-3-5-15(6-4-14)21(26)23(9-10-24)13-17-11-16-12-18(27-2)7-8-19(16)22-20(17)25/h3-8,11-12,24H,9-10,13H2,1-2H3,(H,22,25). The highest BCUT2D eigenvalue weighted by Gasteiger charge is 2.17. The number of aromatic amines is 1. The summed E-state index contributed by atoms with van der Waals surface area (Å²) in [6.45, 7) is 2.01. The summed E-state index contributed by atoms with van der Waals surface area (Å²) in [5, 5.41) is 10.2. The average Bonchev–Trinajstić information content (AvgIpc) is 2.67. The Morgan fingerprint density at radius 3 is 2.56 bits per heavy atom. The zero-order valence-electron chi connectivity index (χ0n) is 15.4. The maximum Gasteiger partial charge on any atom is 0.254 e. The molecule has 0 aliphatic rings. The Hall–Kier alpha value is -3.12. The number of aliphatic hydroxyl groups excluding tert-OH is 1. The largest absolute Gasteiger partial charge is 0.497 e. The van der Waals surface area contributed by atoms with Crippen LogP contribution in [0.3, 0.4) is 0 Å². The average molecular weight is 366 g/mol. The molecule has 0 saturated heterocycles. The number of benzene rings is 2. The Bertz CT molecular complexity index is 1010. The van der Waals surface area contributed by atoms with E-state index >= 15 is 0 Å². The molecule has 27 heavy (non-hydrogen) atoms. The van der Waals surface area contributed by atoms with Crippen molar-refractivity contribution in [3.8, 4) is 5.75 Å². The van der Waals surface area contributed by atoms with Crippen molar-refractivity contribution in [2.45, 2.75) is 13.5 Å². The van der Waals surface area contributed by atoms with Crippen molar-refractivity contribution in [2.75, 3.05) is 20.3 Å². The highest BCUT2D eigenvalue weighted by atomic mass is 16.5. The van der Waals surface area contributed by atoms with Crippen LogP contribution in [-0.4, -0.2) is 41.2 Å². The molecule has 0 fully saturated rings. The van der Waals surface area contributed by atoms with E-state index in [9.17, 15) is 14.7 Å². The molecule has 6 nitrogen and oxygen atoms in total. The molecule has 0 atom stereocenters. The molecule has 6 heteroatoms. The second-order valence-electron chi connectivity index (χ2n) is 6.39. The first-order chi connectivity index (χ1) is 13.0. The van der Waals surface area contributed by atoms with Crippen molar-refractivity contribution in [2.24, 2.45) is 0 Å². The molecule has 0 bridgehead atoms. The van der Waals surface area contributed by atoms with E-state index in [1.54, 1.807) is 37.4 Å². The van der Waals surface area contributed by atoms with E-state index in [0.29, 0.717) is 22.4 Å². The van der Waals surface area contributed by atoms with E-state index in [-0.39, 0.29) is 31.2 Å². The topological polar surface area (TPSA) is 82.6 Å². The van der Waals surface area contributed by atoms with E-state index in [4.69, 9.17) is 4.74 Å². The van der Waals surface area contributed by atoms with Gasteiger partial charge in [-0.2, -0.15) is 0 Å². The Balaban J connectivity index is 1.93. The fourth-order valence-electron chi connectivity index (χ4n) is 2.93. The van der Waals surface area contributed by atoms with Gasteiger partial charge in [-0.1, -0.05) is 17.7 Å². The van der Waals surface area contributed by atoms with Crippen LogP contribution in [0.1, 0.15) is 21.5 Å². The molecular formula is C21H22N2O4. The number of carbonyl (C=O) groups excluding carboxylic acids is 1. The zero-order chi connectivity index (χ0) is 19.4. The van der Waals surface area contributed by atoms with E-state index in [2.05, 4.69) is 4.98 Å². The fourth-order valence-corrected chi connectivity index (χ4v) is 2.93. The highest BCUT2D eigenvalue weighted by molar-refractivity contribution is 5.94. The maximum atomic E-state index is 12.8. The third-order valence-corrected chi connectivity index (χ3v) is 4.45. The van der Waals surface area contributed by atoms with Gasteiger partial charge in [-0.15, -0.1) is 0 Å². The molecule has 1 amide bonds. The van der Waals surface area contributed by atoms with E-state index in [0.717, 1.165) is 10.9 Å². The van der Waals surface area contributed by atoms with Crippen molar-refractivity contribution >= 4 is 16.8 Å². The molecule has 0 aliphatic heterocycles. The molecule has 3 rings (SSSR count). The second-order valence-corrected chi connectivity index (χ2v) is 6.39. The lowest BCUT2D eigenvalue weighted by molar-refractivity contribution is 0.0707. The first-order valence-corrected chi connectivity index (χ1v) is 8.68. The van der Waals surface area contributed by atoms with Crippen molar-refractivity contribution < 1.29 is 14.6 Å². The van der Waals surface area contributed by atoms with Crippen LogP contribution in [0.25, 0.3) is 10.9 Å². The van der Waals surface area contributed by atoms with E-state index in [1.165, 1.54) is 4.90 Å². The van der Waals surface area contributed by atoms with Crippen LogP contribution in [0.5, 0.6) is 5.75 Å². The molecule has 2 N–H and O–H groups in total. The van der Waals surface area contributed by atoms with Crippen LogP contribution in [0.15, 0.2) is 53.3 Å². The van der Waals surface area contributed by atoms with Gasteiger partial charge >= 0.3 is 0 Å². The molecule has 2 aromatic carbocycles. The number of nitrogens with one attached hydrogen (secondary N) is 1. The molecule has 1 aromatic heterocycles. The van der Waals surface area contributed by atoms with E-state index < -0.39 is 0 Å². The third-order valence-electron chi connectivity index (χ3n) is 4.45. The smallest absolute Gasteiger partial charge is 0.254 e. The molecule has 3 aromatic rings. The number of pyridine rings is 1. The number of hydrogen-bond donors (Lipinski definition) is 2. The van der Waals surface area contributed by atoms with Gasteiger partial charge in [-0.25, -0.2) is 0 Å². The van der Waals surface area contributed by atoms with Gasteiger partial charge in [-0.05, 0) is 43.3 Å². The lowest BCUT2D eigenvalue weighted by atomic mass is 10.1. The Labute approximate surface area is 157 Å². The van der Waals surface area contributed by atoms with Crippen molar-refractivity contribution in [3.63, 3.8) is 0 Å². The zero-order valence-corrected chi connectivity index (χ0v) is 15.4. The number of H-pyrrole nitrogens is 1. The van der Waals surface area contributed by atoms with Gasteiger partial charge < -0.3 is 19.7 Å². The maximum absolute atomic E-state index is 12.8. The number of aromatic nitrogens is 1. The summed E-state index contributed by atoms with van der Waals surface area (Å²) in [4.78, 5) is 29.6. The van der Waals surface area contributed by atoms with Gasteiger partial charge in [0.2, 0.25) is 0 Å². The van der Waals surface area contributed by atoms with Crippen molar-refractivity contribution in [1.82, 2.24) is 9.88 Å². The molecule has 140 valence electrons. The van der Waals surface area contributed by atoms with Gasteiger partial charge in [0.05, 0.1) is 20.3 Å². The van der Waals surface area contributed by atoms with Gasteiger partial charge in [-0.3, -0.25) is 9.59 Å². The summed E-state index contributed by atoms with van der Waals surface area (Å²) in [6, 6.07) is 14.4. The summed E-state index contributed by atoms with van der Waals surface area (Å²) < 4.78 is 5.23.